The van der Waals surface area contributed by atoms with Gasteiger partial charge in [0, 0.05) is 44.3 Å². The molecule has 0 bridgehead atoms. The van der Waals surface area contributed by atoms with Gasteiger partial charge in [-0.15, -0.1) is 0 Å². The van der Waals surface area contributed by atoms with E-state index < -0.39 is 12.0 Å². The van der Waals surface area contributed by atoms with Gasteiger partial charge in [-0.25, -0.2) is 0 Å². The van der Waals surface area contributed by atoms with Crippen molar-refractivity contribution < 1.29 is 9.90 Å². The lowest BCUT2D eigenvalue weighted by atomic mass is 10.00. The third-order valence-corrected chi connectivity index (χ3v) is 5.02. The molecule has 1 N–H and O–H groups in total. The molecule has 0 saturated carbocycles. The molecule has 1 aromatic carbocycles. The van der Waals surface area contributed by atoms with E-state index in [1.807, 2.05) is 24.3 Å². The summed E-state index contributed by atoms with van der Waals surface area (Å²) in [5.41, 5.74) is 3.62. The number of pyridine rings is 1. The number of anilines is 1. The van der Waals surface area contributed by atoms with Crippen molar-refractivity contribution >= 4 is 11.7 Å². The Hall–Kier alpha value is -2.40. The van der Waals surface area contributed by atoms with Crippen molar-refractivity contribution in [2.45, 2.75) is 25.8 Å². The van der Waals surface area contributed by atoms with E-state index in [1.54, 1.807) is 12.4 Å². The highest BCUT2D eigenvalue weighted by Crippen LogP contribution is 2.19. The molecule has 2 aromatic rings. The molecule has 132 valence electrons. The van der Waals surface area contributed by atoms with Crippen molar-refractivity contribution in [2.24, 2.45) is 0 Å². The molecule has 0 spiro atoms. The second-order valence-corrected chi connectivity index (χ2v) is 6.55. The van der Waals surface area contributed by atoms with Crippen molar-refractivity contribution in [1.82, 2.24) is 9.88 Å². The van der Waals surface area contributed by atoms with Crippen molar-refractivity contribution in [2.75, 3.05) is 31.1 Å². The number of hydrogen-bond acceptors (Lipinski definition) is 4. The van der Waals surface area contributed by atoms with E-state index >= 15 is 0 Å². The molecule has 1 aromatic heterocycles. The Labute approximate surface area is 148 Å². The molecule has 5 nitrogen and oxygen atoms in total. The Morgan fingerprint density at radius 2 is 1.80 bits per heavy atom. The van der Waals surface area contributed by atoms with Gasteiger partial charge >= 0.3 is 5.97 Å². The summed E-state index contributed by atoms with van der Waals surface area (Å²) in [6, 6.07) is 11.8. The maximum Gasteiger partial charge on any atom is 0.320 e. The van der Waals surface area contributed by atoms with E-state index in [4.69, 9.17) is 0 Å². The molecule has 25 heavy (non-hydrogen) atoms. The minimum Gasteiger partial charge on any atom is -0.480 e. The number of aromatic nitrogens is 1. The van der Waals surface area contributed by atoms with Crippen LogP contribution in [0.2, 0.25) is 0 Å². The smallest absolute Gasteiger partial charge is 0.320 e. The number of hydrogen-bond donors (Lipinski definition) is 1. The maximum absolute atomic E-state index is 11.8. The number of aliphatic carboxylic acids is 1. The Kier molecular flexibility index (Phi) is 5.66. The lowest BCUT2D eigenvalue weighted by Gasteiger charge is -2.38. The fourth-order valence-electron chi connectivity index (χ4n) is 3.49. The van der Waals surface area contributed by atoms with Crippen LogP contribution in [0.5, 0.6) is 0 Å². The van der Waals surface area contributed by atoms with Gasteiger partial charge in [0.2, 0.25) is 0 Å². The second-order valence-electron chi connectivity index (χ2n) is 6.55. The Morgan fingerprint density at radius 1 is 1.12 bits per heavy atom. The molecule has 1 unspecified atom stereocenters. The number of carbonyl (C=O) groups is 1. The minimum absolute atomic E-state index is 0.417. The molecule has 1 atom stereocenters. The summed E-state index contributed by atoms with van der Waals surface area (Å²) < 4.78 is 0. The lowest BCUT2D eigenvalue weighted by Crippen LogP contribution is -2.53. The summed E-state index contributed by atoms with van der Waals surface area (Å²) in [6.07, 6.45) is 5.04. The number of carboxylic acids is 1. The van der Waals surface area contributed by atoms with E-state index in [-0.39, 0.29) is 0 Å². The highest BCUT2D eigenvalue weighted by molar-refractivity contribution is 5.73. The quantitative estimate of drug-likeness (QED) is 0.877. The molecule has 5 heteroatoms. The number of aryl methyl sites for hydroxylation is 2. The fraction of sp³-hybridized carbons (Fsp3) is 0.400. The summed E-state index contributed by atoms with van der Waals surface area (Å²) in [5, 5.41) is 9.69. The monoisotopic (exact) mass is 339 g/mol. The van der Waals surface area contributed by atoms with Crippen LogP contribution >= 0.6 is 0 Å². The van der Waals surface area contributed by atoms with Crippen LogP contribution < -0.4 is 4.90 Å². The molecule has 1 aliphatic heterocycles. The molecule has 3 rings (SSSR count). The first kappa shape index (κ1) is 17.4. The van der Waals surface area contributed by atoms with E-state index in [9.17, 15) is 9.90 Å². The predicted octanol–water partition coefficient (Wildman–Crippen LogP) is 2.60. The molecule has 2 heterocycles. The van der Waals surface area contributed by atoms with Crippen molar-refractivity contribution in [3.8, 4) is 0 Å². The van der Waals surface area contributed by atoms with Gasteiger partial charge in [-0.1, -0.05) is 24.3 Å². The maximum atomic E-state index is 11.8. The molecule has 1 saturated heterocycles. The molecule has 0 radical (unpaired) electrons. The van der Waals surface area contributed by atoms with Gasteiger partial charge in [0.15, 0.2) is 0 Å². The van der Waals surface area contributed by atoms with Crippen LogP contribution in [0, 0.1) is 6.92 Å². The SMILES string of the molecule is Cc1ccccc1CCC(C(=O)O)N1CCN(c2ccncc2)CC1. The summed E-state index contributed by atoms with van der Waals surface area (Å²) in [4.78, 5) is 20.2. The summed E-state index contributed by atoms with van der Waals surface area (Å²) >= 11 is 0. The Bertz CT molecular complexity index is 697. The van der Waals surface area contributed by atoms with Crippen LogP contribution in [0.4, 0.5) is 5.69 Å². The van der Waals surface area contributed by atoms with Gasteiger partial charge in [-0.05, 0) is 43.0 Å². The zero-order valence-electron chi connectivity index (χ0n) is 14.6. The number of piperazine rings is 1. The van der Waals surface area contributed by atoms with Gasteiger partial charge in [-0.2, -0.15) is 0 Å². The van der Waals surface area contributed by atoms with Gasteiger partial charge in [-0.3, -0.25) is 14.7 Å². The van der Waals surface area contributed by atoms with Crippen LogP contribution in [0.25, 0.3) is 0 Å². The summed E-state index contributed by atoms with van der Waals surface area (Å²) in [6.45, 7) is 5.31. The summed E-state index contributed by atoms with van der Waals surface area (Å²) in [7, 11) is 0. The number of benzene rings is 1. The molecule has 1 aliphatic rings. The number of rotatable bonds is 6. The number of nitrogens with zero attached hydrogens (tertiary/aromatic N) is 3. The first-order valence-corrected chi connectivity index (χ1v) is 8.81. The van der Waals surface area contributed by atoms with E-state index in [1.165, 1.54) is 11.1 Å². The van der Waals surface area contributed by atoms with Crippen LogP contribution in [0.1, 0.15) is 17.5 Å². The van der Waals surface area contributed by atoms with Crippen LogP contribution in [0.15, 0.2) is 48.8 Å². The number of carboxylic acid groups (broad SMARTS) is 1. The normalized spacial score (nSPS) is 16.6. The third-order valence-electron chi connectivity index (χ3n) is 5.02. The molecule has 1 fully saturated rings. The Balaban J connectivity index is 1.59. The van der Waals surface area contributed by atoms with Crippen molar-refractivity contribution in [3.05, 3.63) is 59.9 Å². The molecule has 0 amide bonds. The second kappa shape index (κ2) is 8.12. The highest BCUT2D eigenvalue weighted by atomic mass is 16.4. The topological polar surface area (TPSA) is 56.7 Å². The van der Waals surface area contributed by atoms with Crippen molar-refractivity contribution in [1.29, 1.82) is 0 Å². The molecule has 0 aliphatic carbocycles. The average molecular weight is 339 g/mol. The van der Waals surface area contributed by atoms with Crippen LogP contribution in [0.3, 0.4) is 0 Å². The first-order chi connectivity index (χ1) is 12.1. The molecular weight excluding hydrogens is 314 g/mol. The van der Waals surface area contributed by atoms with E-state index in [0.717, 1.165) is 38.3 Å². The van der Waals surface area contributed by atoms with Gasteiger partial charge in [0.25, 0.3) is 0 Å². The first-order valence-electron chi connectivity index (χ1n) is 8.81. The lowest BCUT2D eigenvalue weighted by molar-refractivity contribution is -0.143. The van der Waals surface area contributed by atoms with Crippen LogP contribution in [-0.2, 0) is 11.2 Å². The van der Waals surface area contributed by atoms with E-state index in [0.29, 0.717) is 6.42 Å². The van der Waals surface area contributed by atoms with Gasteiger partial charge in [0.1, 0.15) is 6.04 Å². The van der Waals surface area contributed by atoms with Crippen molar-refractivity contribution in [3.63, 3.8) is 0 Å². The Morgan fingerprint density at radius 3 is 2.44 bits per heavy atom. The average Bonchev–Trinajstić information content (AvgIpc) is 2.64. The van der Waals surface area contributed by atoms with Crippen LogP contribution in [-0.4, -0.2) is 53.2 Å². The van der Waals surface area contributed by atoms with Gasteiger partial charge < -0.3 is 10.0 Å². The zero-order chi connectivity index (χ0) is 17.6. The third kappa shape index (κ3) is 4.37. The van der Waals surface area contributed by atoms with E-state index in [2.05, 4.69) is 33.8 Å². The fourth-order valence-corrected chi connectivity index (χ4v) is 3.49. The molecular formula is C20H25N3O2. The minimum atomic E-state index is -0.717. The predicted molar refractivity (Wildman–Crippen MR) is 98.9 cm³/mol. The highest BCUT2D eigenvalue weighted by Gasteiger charge is 2.28. The zero-order valence-corrected chi connectivity index (χ0v) is 14.6. The van der Waals surface area contributed by atoms with Gasteiger partial charge in [0.05, 0.1) is 0 Å². The summed E-state index contributed by atoms with van der Waals surface area (Å²) in [5.74, 6) is -0.717. The standard InChI is InChI=1S/C20H25N3O2/c1-16-4-2-3-5-17(16)6-7-19(20(24)25)23-14-12-22(13-15-23)18-8-10-21-11-9-18/h2-5,8-11,19H,6-7,12-15H2,1H3,(H,24,25). The largest absolute Gasteiger partial charge is 0.480 e.